The highest BCUT2D eigenvalue weighted by molar-refractivity contribution is 5.76. The first-order chi connectivity index (χ1) is 13.7. The minimum Gasteiger partial charge on any atom is -0.370 e. The van der Waals surface area contributed by atoms with Gasteiger partial charge in [-0.1, -0.05) is 43.0 Å². The fourth-order valence-electron chi connectivity index (χ4n) is 4.55. The van der Waals surface area contributed by atoms with Crippen molar-refractivity contribution in [2.24, 2.45) is 10.4 Å². The number of nitrogens with zero attached hydrogens (tertiary/aromatic N) is 2. The molecular formula is C25H31N3. The van der Waals surface area contributed by atoms with Gasteiger partial charge in [0.25, 0.3) is 0 Å². The van der Waals surface area contributed by atoms with Gasteiger partial charge < -0.3 is 10.2 Å². The SMILES string of the molecule is C=C(c1cc(CCc2ccccc2)ccc1/N=C\C)N1CC2(CCNCC2)C1. The van der Waals surface area contributed by atoms with Crippen molar-refractivity contribution in [2.45, 2.75) is 32.6 Å². The van der Waals surface area contributed by atoms with Crippen LogP contribution in [0.2, 0.25) is 0 Å². The van der Waals surface area contributed by atoms with Crippen molar-refractivity contribution < 1.29 is 0 Å². The molecule has 0 amide bonds. The van der Waals surface area contributed by atoms with Crippen molar-refractivity contribution in [1.29, 1.82) is 0 Å². The first kappa shape index (κ1) is 18.9. The molecule has 0 atom stereocenters. The molecule has 0 unspecified atom stereocenters. The lowest BCUT2D eigenvalue weighted by molar-refractivity contribution is 0.0201. The molecule has 0 radical (unpaired) electrons. The minimum atomic E-state index is 0.507. The third-order valence-electron chi connectivity index (χ3n) is 6.28. The Morgan fingerprint density at radius 2 is 1.79 bits per heavy atom. The Balaban J connectivity index is 1.48. The van der Waals surface area contributed by atoms with Crippen LogP contribution in [0.15, 0.2) is 60.1 Å². The van der Waals surface area contributed by atoms with Crippen molar-refractivity contribution in [3.63, 3.8) is 0 Å². The van der Waals surface area contributed by atoms with Crippen LogP contribution in [0, 0.1) is 5.41 Å². The Morgan fingerprint density at radius 3 is 2.50 bits per heavy atom. The third kappa shape index (κ3) is 4.05. The first-order valence-electron chi connectivity index (χ1n) is 10.5. The average Bonchev–Trinajstić information content (AvgIpc) is 2.72. The molecular weight excluding hydrogens is 342 g/mol. The van der Waals surface area contributed by atoms with Crippen LogP contribution in [-0.4, -0.2) is 37.3 Å². The Bertz CT molecular complexity index is 839. The van der Waals surface area contributed by atoms with Gasteiger partial charge in [-0.2, -0.15) is 0 Å². The van der Waals surface area contributed by atoms with Gasteiger partial charge >= 0.3 is 0 Å². The Hall–Kier alpha value is -2.39. The molecule has 0 aliphatic carbocycles. The molecule has 28 heavy (non-hydrogen) atoms. The third-order valence-corrected chi connectivity index (χ3v) is 6.28. The second-order valence-electron chi connectivity index (χ2n) is 8.28. The molecule has 1 N–H and O–H groups in total. The molecule has 3 heteroatoms. The fourth-order valence-corrected chi connectivity index (χ4v) is 4.55. The largest absolute Gasteiger partial charge is 0.370 e. The lowest BCUT2D eigenvalue weighted by atomic mass is 9.72. The molecule has 2 saturated heterocycles. The van der Waals surface area contributed by atoms with Crippen LogP contribution in [-0.2, 0) is 12.8 Å². The summed E-state index contributed by atoms with van der Waals surface area (Å²) in [6, 6.07) is 17.4. The monoisotopic (exact) mass is 373 g/mol. The molecule has 3 nitrogen and oxygen atoms in total. The van der Waals surface area contributed by atoms with Gasteiger partial charge in [-0.3, -0.25) is 4.99 Å². The Morgan fingerprint density at radius 1 is 1.07 bits per heavy atom. The summed E-state index contributed by atoms with van der Waals surface area (Å²) in [6.45, 7) is 11.0. The van der Waals surface area contributed by atoms with Gasteiger partial charge in [-0.05, 0) is 69.0 Å². The zero-order valence-electron chi connectivity index (χ0n) is 17.0. The van der Waals surface area contributed by atoms with Gasteiger partial charge in [0.2, 0.25) is 0 Å². The van der Waals surface area contributed by atoms with Crippen molar-refractivity contribution in [1.82, 2.24) is 10.2 Å². The maximum Gasteiger partial charge on any atom is 0.0718 e. The number of aryl methyl sites for hydroxylation is 2. The van der Waals surface area contributed by atoms with E-state index in [-0.39, 0.29) is 0 Å². The predicted octanol–water partition coefficient (Wildman–Crippen LogP) is 4.85. The van der Waals surface area contributed by atoms with Crippen LogP contribution in [0.5, 0.6) is 0 Å². The van der Waals surface area contributed by atoms with Crippen molar-refractivity contribution in [3.05, 3.63) is 71.8 Å². The minimum absolute atomic E-state index is 0.507. The first-order valence-corrected chi connectivity index (χ1v) is 10.5. The van der Waals surface area contributed by atoms with Gasteiger partial charge in [0, 0.05) is 36.0 Å². The maximum absolute atomic E-state index is 4.61. The van der Waals surface area contributed by atoms with Gasteiger partial charge in [0.05, 0.1) is 5.69 Å². The number of likely N-dealkylation sites (tertiary alicyclic amines) is 1. The molecule has 2 aliphatic heterocycles. The van der Waals surface area contributed by atoms with Gasteiger partial charge in [-0.25, -0.2) is 0 Å². The van der Waals surface area contributed by atoms with E-state index in [1.165, 1.54) is 29.5 Å². The number of nitrogens with one attached hydrogen (secondary N) is 1. The highest BCUT2D eigenvalue weighted by atomic mass is 15.2. The highest BCUT2D eigenvalue weighted by Crippen LogP contribution is 2.43. The standard InChI is InChI=1S/C25H31N3/c1-3-27-24-12-11-22(10-9-21-7-5-4-6-8-21)17-23(24)20(2)28-18-25(19-28)13-15-26-16-14-25/h3-8,11-12,17,26H,2,9-10,13-16,18-19H2,1H3/b27-3-. The van der Waals surface area contributed by atoms with Crippen LogP contribution in [0.3, 0.4) is 0 Å². The van der Waals surface area contributed by atoms with E-state index in [9.17, 15) is 0 Å². The number of benzene rings is 2. The molecule has 4 rings (SSSR count). The molecule has 0 bridgehead atoms. The second kappa shape index (κ2) is 8.32. The molecule has 2 fully saturated rings. The van der Waals surface area contributed by atoms with E-state index in [4.69, 9.17) is 0 Å². The van der Waals surface area contributed by atoms with Crippen LogP contribution in [0.4, 0.5) is 5.69 Å². The molecule has 2 aromatic rings. The number of rotatable bonds is 6. The topological polar surface area (TPSA) is 27.6 Å². The number of hydrogen-bond donors (Lipinski definition) is 1. The van der Waals surface area contributed by atoms with E-state index in [1.54, 1.807) is 0 Å². The summed E-state index contributed by atoms with van der Waals surface area (Å²) in [4.78, 5) is 7.06. The molecule has 2 aliphatic rings. The molecule has 0 saturated carbocycles. The molecule has 2 heterocycles. The van der Waals surface area contributed by atoms with E-state index in [0.29, 0.717) is 5.41 Å². The zero-order chi connectivity index (χ0) is 19.4. The van der Waals surface area contributed by atoms with Crippen LogP contribution in [0.25, 0.3) is 5.70 Å². The summed E-state index contributed by atoms with van der Waals surface area (Å²) >= 11 is 0. The summed E-state index contributed by atoms with van der Waals surface area (Å²) in [5.41, 5.74) is 6.59. The Kier molecular flexibility index (Phi) is 5.63. The van der Waals surface area contributed by atoms with Gasteiger partial charge in [0.1, 0.15) is 0 Å². The van der Waals surface area contributed by atoms with E-state index < -0.39 is 0 Å². The Labute approximate surface area is 169 Å². The number of aliphatic imine (C=N–C) groups is 1. The number of piperidine rings is 1. The average molecular weight is 374 g/mol. The number of hydrogen-bond acceptors (Lipinski definition) is 3. The molecule has 2 aromatic carbocycles. The molecule has 146 valence electrons. The van der Waals surface area contributed by atoms with Crippen LogP contribution >= 0.6 is 0 Å². The summed E-state index contributed by atoms with van der Waals surface area (Å²) < 4.78 is 0. The summed E-state index contributed by atoms with van der Waals surface area (Å²) in [7, 11) is 0. The van der Waals surface area contributed by atoms with E-state index >= 15 is 0 Å². The van der Waals surface area contributed by atoms with E-state index in [2.05, 4.69) is 70.3 Å². The molecule has 1 spiro atoms. The van der Waals surface area contributed by atoms with Crippen molar-refractivity contribution >= 4 is 17.6 Å². The van der Waals surface area contributed by atoms with E-state index in [1.807, 2.05) is 13.1 Å². The summed E-state index contributed by atoms with van der Waals surface area (Å²) in [6.07, 6.45) is 6.54. The highest BCUT2D eigenvalue weighted by Gasteiger charge is 2.44. The van der Waals surface area contributed by atoms with Crippen LogP contribution in [0.1, 0.15) is 36.5 Å². The van der Waals surface area contributed by atoms with Crippen molar-refractivity contribution in [3.8, 4) is 0 Å². The lowest BCUT2D eigenvalue weighted by Crippen LogP contribution is -2.58. The van der Waals surface area contributed by atoms with Gasteiger partial charge in [0.15, 0.2) is 0 Å². The second-order valence-corrected chi connectivity index (χ2v) is 8.28. The lowest BCUT2D eigenvalue weighted by Gasteiger charge is -2.54. The normalized spacial score (nSPS) is 18.4. The maximum atomic E-state index is 4.61. The van der Waals surface area contributed by atoms with Crippen LogP contribution < -0.4 is 5.32 Å². The van der Waals surface area contributed by atoms with Crippen molar-refractivity contribution in [2.75, 3.05) is 26.2 Å². The molecule has 0 aromatic heterocycles. The summed E-state index contributed by atoms with van der Waals surface area (Å²) in [5, 5.41) is 3.48. The predicted molar refractivity (Wildman–Crippen MR) is 119 cm³/mol. The fraction of sp³-hybridized carbons (Fsp3) is 0.400. The summed E-state index contributed by atoms with van der Waals surface area (Å²) in [5.74, 6) is 0. The smallest absolute Gasteiger partial charge is 0.0718 e. The quantitative estimate of drug-likeness (QED) is 0.733. The van der Waals surface area contributed by atoms with Gasteiger partial charge in [-0.15, -0.1) is 0 Å². The van der Waals surface area contributed by atoms with E-state index in [0.717, 1.165) is 50.4 Å². The zero-order valence-corrected chi connectivity index (χ0v) is 17.0.